The van der Waals surface area contributed by atoms with Gasteiger partial charge in [-0.05, 0) is 66.1 Å². The van der Waals surface area contributed by atoms with Crippen molar-refractivity contribution >= 4 is 22.5 Å². The highest BCUT2D eigenvalue weighted by Gasteiger charge is 2.35. The fourth-order valence-corrected chi connectivity index (χ4v) is 4.56. The molecule has 2 aromatic heterocycles. The number of carbonyl (C=O) groups excluding carboxylic acids is 1. The van der Waals surface area contributed by atoms with Crippen LogP contribution in [0.5, 0.6) is 0 Å². The molecule has 0 saturated carbocycles. The molecule has 1 aliphatic carbocycles. The van der Waals surface area contributed by atoms with Gasteiger partial charge in [-0.3, -0.25) is 4.79 Å². The lowest BCUT2D eigenvalue weighted by atomic mass is 10.1. The van der Waals surface area contributed by atoms with E-state index >= 15 is 0 Å². The largest absolute Gasteiger partial charge is 0.361 e. The third kappa shape index (κ3) is 2.75. The number of carbonyl (C=O) groups is 1. The van der Waals surface area contributed by atoms with Gasteiger partial charge in [0.15, 0.2) is 5.82 Å². The average Bonchev–Trinajstić information content (AvgIpc) is 3.51. The van der Waals surface area contributed by atoms with Crippen LogP contribution in [0.4, 0.5) is 5.69 Å². The van der Waals surface area contributed by atoms with E-state index in [-0.39, 0.29) is 11.8 Å². The Bertz CT molecular complexity index is 1240. The number of benzene rings is 2. The van der Waals surface area contributed by atoms with Crippen molar-refractivity contribution in [2.45, 2.75) is 31.6 Å². The van der Waals surface area contributed by atoms with E-state index in [0.717, 1.165) is 35.0 Å². The molecule has 2 aliphatic rings. The number of aryl methyl sites for hydroxylation is 2. The van der Waals surface area contributed by atoms with Gasteiger partial charge >= 0.3 is 0 Å². The van der Waals surface area contributed by atoms with Gasteiger partial charge in [0.05, 0.1) is 0 Å². The molecule has 1 atom stereocenters. The number of hydrogen-bond donors (Lipinski definition) is 1. The minimum Gasteiger partial charge on any atom is -0.361 e. The third-order valence-corrected chi connectivity index (χ3v) is 6.13. The molecule has 3 heterocycles. The lowest BCUT2D eigenvalue weighted by Crippen LogP contribution is -2.24. The quantitative estimate of drug-likeness (QED) is 0.574. The summed E-state index contributed by atoms with van der Waals surface area (Å²) in [5.41, 5.74) is 5.68. The maximum atomic E-state index is 12.7. The van der Waals surface area contributed by atoms with Crippen molar-refractivity contribution in [2.75, 3.05) is 11.4 Å². The molecule has 1 saturated heterocycles. The van der Waals surface area contributed by atoms with Gasteiger partial charge in [0, 0.05) is 41.8 Å². The predicted molar refractivity (Wildman–Crippen MR) is 110 cm³/mol. The topological polar surface area (TPSA) is 75.0 Å². The molecule has 6 rings (SSSR count). The fourth-order valence-electron chi connectivity index (χ4n) is 4.56. The summed E-state index contributed by atoms with van der Waals surface area (Å²) in [6.07, 6.45) is 5.77. The lowest BCUT2D eigenvalue weighted by Gasteiger charge is -2.17. The Labute approximate surface area is 167 Å². The van der Waals surface area contributed by atoms with E-state index in [9.17, 15) is 4.79 Å². The summed E-state index contributed by atoms with van der Waals surface area (Å²) in [7, 11) is 0. The first-order valence-corrected chi connectivity index (χ1v) is 10.1. The number of aromatic nitrogens is 3. The van der Waals surface area contributed by atoms with Crippen LogP contribution in [0.25, 0.3) is 22.4 Å². The molecule has 1 aliphatic heterocycles. The van der Waals surface area contributed by atoms with E-state index in [4.69, 9.17) is 4.52 Å². The maximum absolute atomic E-state index is 12.7. The fraction of sp³-hybridized carbons (Fsp3) is 0.261. The molecule has 0 spiro atoms. The first-order valence-electron chi connectivity index (χ1n) is 10.1. The summed E-state index contributed by atoms with van der Waals surface area (Å²) in [6, 6.07) is 14.4. The van der Waals surface area contributed by atoms with Gasteiger partial charge in [-0.1, -0.05) is 17.3 Å². The molecular formula is C23H20N4O2. The summed E-state index contributed by atoms with van der Waals surface area (Å²) < 4.78 is 5.52. The van der Waals surface area contributed by atoms with Crippen LogP contribution in [-0.2, 0) is 17.6 Å². The second-order valence-electron chi connectivity index (χ2n) is 7.95. The van der Waals surface area contributed by atoms with E-state index in [1.54, 1.807) is 0 Å². The van der Waals surface area contributed by atoms with Gasteiger partial charge in [-0.2, -0.15) is 4.98 Å². The second kappa shape index (κ2) is 6.30. The predicted octanol–water partition coefficient (Wildman–Crippen LogP) is 4.23. The zero-order chi connectivity index (χ0) is 19.4. The van der Waals surface area contributed by atoms with Gasteiger partial charge in [-0.25, -0.2) is 0 Å². The normalized spacial score (nSPS) is 18.7. The monoisotopic (exact) mass is 384 g/mol. The molecule has 6 nitrogen and oxygen atoms in total. The number of hydrogen-bond acceptors (Lipinski definition) is 4. The number of rotatable bonds is 3. The minimum absolute atomic E-state index is 0.0533. The second-order valence-corrected chi connectivity index (χ2v) is 7.95. The van der Waals surface area contributed by atoms with Gasteiger partial charge in [0.25, 0.3) is 5.89 Å². The molecule has 1 fully saturated rings. The molecular weight excluding hydrogens is 364 g/mol. The summed E-state index contributed by atoms with van der Waals surface area (Å²) in [5, 5.41) is 5.33. The molecule has 6 heteroatoms. The number of amides is 1. The average molecular weight is 384 g/mol. The molecule has 144 valence electrons. The van der Waals surface area contributed by atoms with E-state index in [0.29, 0.717) is 24.7 Å². The van der Waals surface area contributed by atoms with Crippen LogP contribution < -0.4 is 4.90 Å². The van der Waals surface area contributed by atoms with Gasteiger partial charge in [-0.15, -0.1) is 0 Å². The standard InChI is InChI=1S/C23H20N4O2/c28-21-12-18(13-27(21)19-7-6-14-2-1-3-16(14)10-19)22-25-23(29-26-22)17-5-4-15-8-9-24-20(15)11-17/h4-11,18,24H,1-3,12-13H2. The number of nitrogens with zero attached hydrogens (tertiary/aromatic N) is 3. The summed E-state index contributed by atoms with van der Waals surface area (Å²) >= 11 is 0. The third-order valence-electron chi connectivity index (χ3n) is 6.13. The van der Waals surface area contributed by atoms with Gasteiger partial charge in [0.1, 0.15) is 0 Å². The number of fused-ring (bicyclic) bond motifs is 2. The Balaban J connectivity index is 1.25. The van der Waals surface area contributed by atoms with Crippen LogP contribution in [0, 0.1) is 0 Å². The number of nitrogens with one attached hydrogen (secondary N) is 1. The number of anilines is 1. The Morgan fingerprint density at radius 2 is 2.00 bits per heavy atom. The van der Waals surface area contributed by atoms with E-state index in [2.05, 4.69) is 33.3 Å². The summed E-state index contributed by atoms with van der Waals surface area (Å²) in [4.78, 5) is 22.4. The number of H-pyrrole nitrogens is 1. The van der Waals surface area contributed by atoms with E-state index < -0.39 is 0 Å². The highest BCUT2D eigenvalue weighted by atomic mass is 16.5. The first kappa shape index (κ1) is 16.5. The Morgan fingerprint density at radius 3 is 2.97 bits per heavy atom. The van der Waals surface area contributed by atoms with Crippen molar-refractivity contribution in [3.05, 3.63) is 65.6 Å². The van der Waals surface area contributed by atoms with Crippen molar-refractivity contribution in [2.24, 2.45) is 0 Å². The molecule has 2 aromatic carbocycles. The highest BCUT2D eigenvalue weighted by molar-refractivity contribution is 5.96. The van der Waals surface area contributed by atoms with Crippen molar-refractivity contribution in [1.82, 2.24) is 15.1 Å². The molecule has 1 unspecified atom stereocenters. The molecule has 0 radical (unpaired) electrons. The first-order chi connectivity index (χ1) is 14.2. The number of aromatic amines is 1. The lowest BCUT2D eigenvalue weighted by molar-refractivity contribution is -0.117. The summed E-state index contributed by atoms with van der Waals surface area (Å²) in [5.74, 6) is 1.15. The van der Waals surface area contributed by atoms with E-state index in [1.165, 1.54) is 17.5 Å². The Hall–Kier alpha value is -3.41. The van der Waals surface area contributed by atoms with Crippen LogP contribution in [0.1, 0.15) is 35.7 Å². The van der Waals surface area contributed by atoms with Crippen molar-refractivity contribution in [3.8, 4) is 11.5 Å². The maximum Gasteiger partial charge on any atom is 0.258 e. The molecule has 0 bridgehead atoms. The summed E-state index contributed by atoms with van der Waals surface area (Å²) in [6.45, 7) is 0.590. The van der Waals surface area contributed by atoms with E-state index in [1.807, 2.05) is 35.4 Å². The van der Waals surface area contributed by atoms with Gasteiger partial charge < -0.3 is 14.4 Å². The minimum atomic E-state index is -0.0533. The van der Waals surface area contributed by atoms with Crippen LogP contribution >= 0.6 is 0 Å². The van der Waals surface area contributed by atoms with Crippen molar-refractivity contribution in [1.29, 1.82) is 0 Å². The van der Waals surface area contributed by atoms with Gasteiger partial charge in [0.2, 0.25) is 5.91 Å². The van der Waals surface area contributed by atoms with Crippen LogP contribution in [-0.4, -0.2) is 27.6 Å². The van der Waals surface area contributed by atoms with Crippen molar-refractivity contribution < 1.29 is 9.32 Å². The van der Waals surface area contributed by atoms with Crippen LogP contribution in [0.3, 0.4) is 0 Å². The SMILES string of the molecule is O=C1CC(c2noc(-c3ccc4cc[nH]c4c3)n2)CN1c1ccc2c(c1)CCC2. The molecule has 29 heavy (non-hydrogen) atoms. The van der Waals surface area contributed by atoms with Crippen LogP contribution in [0.2, 0.25) is 0 Å². The molecule has 1 N–H and O–H groups in total. The zero-order valence-corrected chi connectivity index (χ0v) is 15.9. The van der Waals surface area contributed by atoms with Crippen molar-refractivity contribution in [3.63, 3.8) is 0 Å². The molecule has 4 aromatic rings. The highest BCUT2D eigenvalue weighted by Crippen LogP contribution is 2.34. The Morgan fingerprint density at radius 1 is 1.07 bits per heavy atom. The smallest absolute Gasteiger partial charge is 0.258 e. The zero-order valence-electron chi connectivity index (χ0n) is 15.9. The van der Waals surface area contributed by atoms with Crippen LogP contribution in [0.15, 0.2) is 53.2 Å². The Kier molecular flexibility index (Phi) is 3.59. The molecule has 1 amide bonds.